The smallest absolute Gasteiger partial charge is 0.224 e. The van der Waals surface area contributed by atoms with E-state index in [-0.39, 0.29) is 5.28 Å². The summed E-state index contributed by atoms with van der Waals surface area (Å²) in [5.74, 6) is 0.660. The number of nitrogens with two attached hydrogens (primary N) is 1. The number of aromatic nitrogens is 2. The van der Waals surface area contributed by atoms with Crippen molar-refractivity contribution in [1.82, 2.24) is 9.97 Å². The van der Waals surface area contributed by atoms with Crippen molar-refractivity contribution in [2.45, 2.75) is 45.6 Å². The van der Waals surface area contributed by atoms with E-state index >= 15 is 0 Å². The predicted molar refractivity (Wildman–Crippen MR) is 71.1 cm³/mol. The van der Waals surface area contributed by atoms with Crippen molar-refractivity contribution in [2.75, 3.05) is 11.1 Å². The molecule has 1 aliphatic carbocycles. The van der Waals surface area contributed by atoms with Crippen LogP contribution in [-0.2, 0) is 0 Å². The van der Waals surface area contributed by atoms with Gasteiger partial charge in [0, 0.05) is 6.04 Å². The Balaban J connectivity index is 2.07. The third-order valence-corrected chi connectivity index (χ3v) is 3.52. The number of anilines is 2. The molecular formula is C12H19ClN4. The first-order valence-electron chi connectivity index (χ1n) is 6.01. The summed E-state index contributed by atoms with van der Waals surface area (Å²) in [5.41, 5.74) is 6.77. The molecular weight excluding hydrogens is 236 g/mol. The van der Waals surface area contributed by atoms with Crippen LogP contribution in [0, 0.1) is 5.41 Å². The molecule has 1 heterocycles. The zero-order valence-electron chi connectivity index (χ0n) is 10.3. The number of hydrogen-bond donors (Lipinski definition) is 2. The van der Waals surface area contributed by atoms with Crippen LogP contribution in [-0.4, -0.2) is 16.0 Å². The van der Waals surface area contributed by atoms with E-state index in [1.807, 2.05) is 0 Å². The highest BCUT2D eigenvalue weighted by Gasteiger charge is 2.28. The molecule has 94 valence electrons. The van der Waals surface area contributed by atoms with Gasteiger partial charge in [0.25, 0.3) is 0 Å². The van der Waals surface area contributed by atoms with Crippen LogP contribution in [0.2, 0.25) is 5.28 Å². The van der Waals surface area contributed by atoms with Crippen LogP contribution in [0.4, 0.5) is 11.5 Å². The number of nitrogens with zero attached hydrogens (tertiary/aromatic N) is 2. The lowest BCUT2D eigenvalue weighted by atomic mass is 9.75. The molecule has 1 fully saturated rings. The van der Waals surface area contributed by atoms with Crippen LogP contribution in [0.1, 0.15) is 39.5 Å². The third-order valence-electron chi connectivity index (χ3n) is 3.33. The summed E-state index contributed by atoms with van der Waals surface area (Å²) in [6, 6.07) is 0.423. The minimum Gasteiger partial charge on any atom is -0.394 e. The molecule has 2 rings (SSSR count). The molecule has 0 bridgehead atoms. The number of nitrogens with one attached hydrogen (secondary N) is 1. The van der Waals surface area contributed by atoms with Crippen LogP contribution in [0.25, 0.3) is 0 Å². The topological polar surface area (TPSA) is 63.8 Å². The fourth-order valence-electron chi connectivity index (χ4n) is 2.50. The van der Waals surface area contributed by atoms with Gasteiger partial charge in [0.2, 0.25) is 5.28 Å². The number of hydrogen-bond acceptors (Lipinski definition) is 4. The van der Waals surface area contributed by atoms with Crippen LogP contribution < -0.4 is 11.1 Å². The van der Waals surface area contributed by atoms with Crippen molar-refractivity contribution in [3.8, 4) is 0 Å². The Kier molecular flexibility index (Phi) is 3.43. The highest BCUT2D eigenvalue weighted by molar-refractivity contribution is 6.28. The van der Waals surface area contributed by atoms with Crippen molar-refractivity contribution in [3.05, 3.63) is 11.5 Å². The Morgan fingerprint density at radius 1 is 1.53 bits per heavy atom. The van der Waals surface area contributed by atoms with E-state index in [2.05, 4.69) is 29.1 Å². The monoisotopic (exact) mass is 254 g/mol. The van der Waals surface area contributed by atoms with Gasteiger partial charge in [-0.25, -0.2) is 4.98 Å². The highest BCUT2D eigenvalue weighted by Crippen LogP contribution is 2.36. The standard InChI is InChI=1S/C12H19ClN4/c1-12(2)5-3-4-8(6-12)16-10-9(14)7-15-11(13)17-10/h7-8H,3-6,14H2,1-2H3,(H,15,16,17). The second-order valence-corrected chi connectivity index (χ2v) is 5.88. The Morgan fingerprint density at radius 3 is 3.00 bits per heavy atom. The van der Waals surface area contributed by atoms with Gasteiger partial charge >= 0.3 is 0 Å². The molecule has 0 spiro atoms. The summed E-state index contributed by atoms with van der Waals surface area (Å²) in [5, 5.41) is 3.62. The molecule has 1 aliphatic rings. The molecule has 0 amide bonds. The number of halogens is 1. The van der Waals surface area contributed by atoms with Crippen LogP contribution >= 0.6 is 11.6 Å². The van der Waals surface area contributed by atoms with Gasteiger partial charge < -0.3 is 11.1 Å². The maximum absolute atomic E-state index is 5.83. The SMILES string of the molecule is CC1(C)CCCC(Nc2nc(Cl)ncc2N)C1. The first kappa shape index (κ1) is 12.4. The van der Waals surface area contributed by atoms with Gasteiger partial charge in [-0.2, -0.15) is 4.98 Å². The number of nitrogen functional groups attached to an aromatic ring is 1. The van der Waals surface area contributed by atoms with E-state index in [0.717, 1.165) is 12.8 Å². The quantitative estimate of drug-likeness (QED) is 0.796. The normalized spacial score (nSPS) is 23.4. The Morgan fingerprint density at radius 2 is 2.29 bits per heavy atom. The fraction of sp³-hybridized carbons (Fsp3) is 0.667. The molecule has 5 heteroatoms. The van der Waals surface area contributed by atoms with Crippen molar-refractivity contribution in [1.29, 1.82) is 0 Å². The molecule has 3 N–H and O–H groups in total. The fourth-order valence-corrected chi connectivity index (χ4v) is 2.63. The average Bonchev–Trinajstić information content (AvgIpc) is 2.22. The van der Waals surface area contributed by atoms with E-state index in [9.17, 15) is 0 Å². The molecule has 4 nitrogen and oxygen atoms in total. The molecule has 17 heavy (non-hydrogen) atoms. The third kappa shape index (κ3) is 3.22. The van der Waals surface area contributed by atoms with Crippen LogP contribution in [0.5, 0.6) is 0 Å². The van der Waals surface area contributed by atoms with E-state index in [4.69, 9.17) is 17.3 Å². The van der Waals surface area contributed by atoms with E-state index in [1.54, 1.807) is 6.20 Å². The van der Waals surface area contributed by atoms with Gasteiger partial charge in [-0.1, -0.05) is 20.3 Å². The summed E-state index contributed by atoms with van der Waals surface area (Å²) in [6.07, 6.45) is 6.36. The molecule has 1 saturated carbocycles. The lowest BCUT2D eigenvalue weighted by Gasteiger charge is -2.35. The summed E-state index contributed by atoms with van der Waals surface area (Å²) in [4.78, 5) is 7.98. The Labute approximate surface area is 107 Å². The van der Waals surface area contributed by atoms with Gasteiger partial charge in [0.1, 0.15) is 0 Å². The van der Waals surface area contributed by atoms with Gasteiger partial charge in [0.05, 0.1) is 11.9 Å². The maximum Gasteiger partial charge on any atom is 0.224 e. The second-order valence-electron chi connectivity index (χ2n) is 5.54. The summed E-state index contributed by atoms with van der Waals surface area (Å²) in [6.45, 7) is 4.61. The zero-order chi connectivity index (χ0) is 12.5. The lowest BCUT2D eigenvalue weighted by molar-refractivity contribution is 0.229. The average molecular weight is 255 g/mol. The molecule has 0 aromatic carbocycles. The van der Waals surface area contributed by atoms with Crippen molar-refractivity contribution < 1.29 is 0 Å². The molecule has 1 unspecified atom stereocenters. The number of rotatable bonds is 2. The van der Waals surface area contributed by atoms with Gasteiger partial charge in [0.15, 0.2) is 5.82 Å². The first-order chi connectivity index (χ1) is 7.96. The lowest BCUT2D eigenvalue weighted by Crippen LogP contribution is -2.32. The van der Waals surface area contributed by atoms with E-state index in [0.29, 0.717) is 23.0 Å². The molecule has 1 atom stereocenters. The summed E-state index contributed by atoms with van der Waals surface area (Å²) in [7, 11) is 0. The van der Waals surface area contributed by atoms with Crippen LogP contribution in [0.15, 0.2) is 6.20 Å². The van der Waals surface area contributed by atoms with Gasteiger partial charge in [-0.3, -0.25) is 0 Å². The maximum atomic E-state index is 5.83. The Bertz CT molecular complexity index is 405. The summed E-state index contributed by atoms with van der Waals surface area (Å²) < 4.78 is 0. The largest absolute Gasteiger partial charge is 0.394 e. The van der Waals surface area contributed by atoms with Crippen molar-refractivity contribution >= 4 is 23.1 Å². The van der Waals surface area contributed by atoms with Gasteiger partial charge in [-0.15, -0.1) is 0 Å². The van der Waals surface area contributed by atoms with Gasteiger partial charge in [-0.05, 0) is 36.3 Å². The highest BCUT2D eigenvalue weighted by atomic mass is 35.5. The van der Waals surface area contributed by atoms with E-state index < -0.39 is 0 Å². The predicted octanol–water partition coefficient (Wildman–Crippen LogP) is 3.09. The van der Waals surface area contributed by atoms with Crippen LogP contribution in [0.3, 0.4) is 0 Å². The molecule has 1 aromatic rings. The second kappa shape index (κ2) is 4.69. The first-order valence-corrected chi connectivity index (χ1v) is 6.39. The summed E-state index contributed by atoms with van der Waals surface area (Å²) >= 11 is 5.77. The molecule has 1 aromatic heterocycles. The van der Waals surface area contributed by atoms with Crippen molar-refractivity contribution in [3.63, 3.8) is 0 Å². The molecule has 0 aliphatic heterocycles. The minimum atomic E-state index is 0.233. The molecule has 0 radical (unpaired) electrons. The Hall–Kier alpha value is -1.03. The zero-order valence-corrected chi connectivity index (χ0v) is 11.1. The minimum absolute atomic E-state index is 0.233. The van der Waals surface area contributed by atoms with E-state index in [1.165, 1.54) is 12.8 Å². The van der Waals surface area contributed by atoms with Crippen molar-refractivity contribution in [2.24, 2.45) is 5.41 Å². The molecule has 0 saturated heterocycles.